The van der Waals surface area contributed by atoms with E-state index in [9.17, 15) is 0 Å². The van der Waals surface area contributed by atoms with Crippen LogP contribution in [0.1, 0.15) is 61.6 Å². The van der Waals surface area contributed by atoms with Crippen LogP contribution in [0.15, 0.2) is 68.6 Å². The zero-order valence-corrected chi connectivity index (χ0v) is 24.1. The molecular weight excluding hydrogens is 608 g/mol. The fourth-order valence-corrected chi connectivity index (χ4v) is 6.12. The molecule has 2 aliphatic heterocycles. The van der Waals surface area contributed by atoms with Gasteiger partial charge in [-0.15, -0.1) is 0 Å². The Kier molecular flexibility index (Phi) is 7.79. The molecule has 3 aromatic rings. The van der Waals surface area contributed by atoms with Crippen LogP contribution in [-0.2, 0) is 0 Å². The van der Waals surface area contributed by atoms with Crippen molar-refractivity contribution in [3.8, 4) is 17.2 Å². The molecule has 0 saturated heterocycles. The molecule has 8 heteroatoms. The largest absolute Gasteiger partial charge is 0.493 e. The molecule has 2 atom stereocenters. The van der Waals surface area contributed by atoms with E-state index >= 15 is 0 Å². The summed E-state index contributed by atoms with van der Waals surface area (Å²) >= 11 is 13.5. The second-order valence-electron chi connectivity index (χ2n) is 8.90. The Bertz CT molecular complexity index is 1280. The third-order valence-corrected chi connectivity index (χ3v) is 7.76. The van der Waals surface area contributed by atoms with Gasteiger partial charge in [-0.05, 0) is 70.4 Å². The fraction of sp³-hybridized carbons (Fsp3) is 0.321. The third kappa shape index (κ3) is 5.11. The maximum atomic E-state index is 6.61. The molecule has 3 aromatic carbocycles. The summed E-state index contributed by atoms with van der Waals surface area (Å²) in [4.78, 5) is 0. The lowest BCUT2D eigenvalue weighted by Gasteiger charge is -2.38. The summed E-state index contributed by atoms with van der Waals surface area (Å²) in [6, 6.07) is 18.0. The highest BCUT2D eigenvalue weighted by atomic mass is 79.9. The number of methoxy groups -OCH3 is 1. The molecule has 2 heterocycles. The molecule has 2 aliphatic rings. The number of hydrazone groups is 1. The number of hydrogen-bond acceptors (Lipinski definition) is 5. The molecule has 0 saturated carbocycles. The SMILES string of the molecule is CCCCCOc1ccc([C@@H]2Oc3c(Br)cc(Br)cc3[C@H]3CC(c4ccc(Cl)cc4)=NN32)cc1OC. The van der Waals surface area contributed by atoms with Crippen molar-refractivity contribution < 1.29 is 14.2 Å². The quantitative estimate of drug-likeness (QED) is 0.233. The van der Waals surface area contributed by atoms with Crippen LogP contribution in [0.2, 0.25) is 5.02 Å². The van der Waals surface area contributed by atoms with Crippen molar-refractivity contribution in [2.75, 3.05) is 13.7 Å². The molecule has 0 N–H and O–H groups in total. The first-order chi connectivity index (χ1) is 17.5. The van der Waals surface area contributed by atoms with Gasteiger partial charge in [-0.3, -0.25) is 0 Å². The summed E-state index contributed by atoms with van der Waals surface area (Å²) in [5.74, 6) is 2.25. The van der Waals surface area contributed by atoms with E-state index in [1.165, 1.54) is 0 Å². The lowest BCUT2D eigenvalue weighted by atomic mass is 9.96. The minimum Gasteiger partial charge on any atom is -0.493 e. The first kappa shape index (κ1) is 25.4. The molecular formula is C28H27Br2ClN2O3. The summed E-state index contributed by atoms with van der Waals surface area (Å²) in [5, 5.41) is 7.82. The van der Waals surface area contributed by atoms with Crippen LogP contribution in [0.25, 0.3) is 0 Å². The number of rotatable bonds is 8. The van der Waals surface area contributed by atoms with Crippen molar-refractivity contribution in [3.63, 3.8) is 0 Å². The van der Waals surface area contributed by atoms with Gasteiger partial charge in [-0.2, -0.15) is 5.10 Å². The Balaban J connectivity index is 1.52. The van der Waals surface area contributed by atoms with Crippen LogP contribution in [0.5, 0.6) is 17.2 Å². The van der Waals surface area contributed by atoms with E-state index in [0.717, 1.165) is 68.5 Å². The second-order valence-corrected chi connectivity index (χ2v) is 11.1. The monoisotopic (exact) mass is 632 g/mol. The van der Waals surface area contributed by atoms with E-state index in [1.807, 2.05) is 48.5 Å². The van der Waals surface area contributed by atoms with Gasteiger partial charge >= 0.3 is 0 Å². The van der Waals surface area contributed by atoms with E-state index in [0.29, 0.717) is 17.4 Å². The molecule has 5 rings (SSSR count). The lowest BCUT2D eigenvalue weighted by Crippen LogP contribution is -2.34. The van der Waals surface area contributed by atoms with Crippen molar-refractivity contribution in [1.82, 2.24) is 5.01 Å². The van der Waals surface area contributed by atoms with Crippen molar-refractivity contribution in [3.05, 3.63) is 85.3 Å². The average Bonchev–Trinajstić information content (AvgIpc) is 3.33. The first-order valence-electron chi connectivity index (χ1n) is 12.1. The van der Waals surface area contributed by atoms with Gasteiger partial charge in [0.15, 0.2) is 11.5 Å². The lowest BCUT2D eigenvalue weighted by molar-refractivity contribution is -0.0198. The topological polar surface area (TPSA) is 43.3 Å². The summed E-state index contributed by atoms with van der Waals surface area (Å²) < 4.78 is 20.2. The molecule has 0 unspecified atom stereocenters. The Morgan fingerprint density at radius 2 is 1.86 bits per heavy atom. The van der Waals surface area contributed by atoms with Gasteiger partial charge in [-0.25, -0.2) is 5.01 Å². The molecule has 0 spiro atoms. The van der Waals surface area contributed by atoms with E-state index < -0.39 is 6.23 Å². The van der Waals surface area contributed by atoms with Crippen LogP contribution >= 0.6 is 43.5 Å². The highest BCUT2D eigenvalue weighted by Crippen LogP contribution is 2.51. The number of unbranched alkanes of at least 4 members (excludes halogenated alkanes) is 2. The van der Waals surface area contributed by atoms with Crippen molar-refractivity contribution in [2.45, 2.75) is 44.9 Å². The average molecular weight is 635 g/mol. The van der Waals surface area contributed by atoms with Gasteiger partial charge < -0.3 is 14.2 Å². The molecule has 36 heavy (non-hydrogen) atoms. The molecule has 0 aromatic heterocycles. The predicted octanol–water partition coefficient (Wildman–Crippen LogP) is 8.68. The summed E-state index contributed by atoms with van der Waals surface area (Å²) in [7, 11) is 1.67. The Labute approximate surface area is 233 Å². The van der Waals surface area contributed by atoms with Gasteiger partial charge in [0.05, 0.1) is 29.9 Å². The summed E-state index contributed by atoms with van der Waals surface area (Å²) in [6.07, 6.45) is 3.65. The maximum absolute atomic E-state index is 6.61. The highest BCUT2D eigenvalue weighted by molar-refractivity contribution is 9.11. The van der Waals surface area contributed by atoms with Gasteiger partial charge in [0.1, 0.15) is 5.75 Å². The number of fused-ring (bicyclic) bond motifs is 3. The molecule has 0 fully saturated rings. The molecule has 0 bridgehead atoms. The van der Waals surface area contributed by atoms with Crippen LogP contribution in [0, 0.1) is 0 Å². The maximum Gasteiger partial charge on any atom is 0.214 e. The second kappa shape index (κ2) is 11.0. The van der Waals surface area contributed by atoms with E-state index in [1.54, 1.807) is 7.11 Å². The minimum atomic E-state index is -0.423. The zero-order valence-electron chi connectivity index (χ0n) is 20.1. The molecule has 188 valence electrons. The van der Waals surface area contributed by atoms with Gasteiger partial charge in [0, 0.05) is 27.0 Å². The Morgan fingerprint density at radius 1 is 1.06 bits per heavy atom. The first-order valence-corrected chi connectivity index (χ1v) is 14.0. The highest BCUT2D eigenvalue weighted by Gasteiger charge is 2.42. The number of halogens is 3. The van der Waals surface area contributed by atoms with Crippen molar-refractivity contribution in [1.29, 1.82) is 0 Å². The van der Waals surface area contributed by atoms with E-state index in [4.69, 9.17) is 30.9 Å². The van der Waals surface area contributed by atoms with Gasteiger partial charge in [0.25, 0.3) is 0 Å². The molecule has 0 amide bonds. The standard InChI is InChI=1S/C28H27Br2ClN2O3/c1-3-4-5-12-35-25-11-8-18(13-26(25)34-2)28-33-24(21-14-19(29)15-22(30)27(21)36-28)16-23(32-33)17-6-9-20(31)10-7-17/h6-11,13-15,24,28H,3-5,12,16H2,1-2H3/t24-,28+/m1/s1. The molecule has 0 aliphatic carbocycles. The Hall–Kier alpha value is -2.22. The fourth-order valence-electron chi connectivity index (χ4n) is 4.64. The molecule has 5 nitrogen and oxygen atoms in total. The summed E-state index contributed by atoms with van der Waals surface area (Å²) in [5.41, 5.74) is 4.08. The zero-order chi connectivity index (χ0) is 25.2. The Morgan fingerprint density at radius 3 is 2.61 bits per heavy atom. The number of ether oxygens (including phenoxy) is 3. The normalized spacial score (nSPS) is 18.2. The van der Waals surface area contributed by atoms with Crippen LogP contribution in [0.4, 0.5) is 0 Å². The third-order valence-electron chi connectivity index (χ3n) is 6.46. The molecule has 0 radical (unpaired) electrons. The van der Waals surface area contributed by atoms with Crippen molar-refractivity contribution in [2.24, 2.45) is 5.10 Å². The summed E-state index contributed by atoms with van der Waals surface area (Å²) in [6.45, 7) is 2.85. The van der Waals surface area contributed by atoms with E-state index in [2.05, 4.69) is 49.9 Å². The minimum absolute atomic E-state index is 0.0224. The van der Waals surface area contributed by atoms with Crippen LogP contribution < -0.4 is 14.2 Å². The predicted molar refractivity (Wildman–Crippen MR) is 150 cm³/mol. The van der Waals surface area contributed by atoms with Crippen LogP contribution in [-0.4, -0.2) is 24.4 Å². The van der Waals surface area contributed by atoms with Gasteiger partial charge in [0.2, 0.25) is 6.23 Å². The van der Waals surface area contributed by atoms with Gasteiger partial charge in [-0.1, -0.05) is 59.4 Å². The van der Waals surface area contributed by atoms with Crippen molar-refractivity contribution >= 4 is 49.2 Å². The number of benzene rings is 3. The van der Waals surface area contributed by atoms with Crippen LogP contribution in [0.3, 0.4) is 0 Å². The van der Waals surface area contributed by atoms with E-state index in [-0.39, 0.29) is 6.04 Å². The number of hydrogen-bond donors (Lipinski definition) is 0. The number of nitrogens with zero attached hydrogens (tertiary/aromatic N) is 2. The smallest absolute Gasteiger partial charge is 0.214 e.